The van der Waals surface area contributed by atoms with E-state index in [1.165, 1.54) is 0 Å². The fourth-order valence-corrected chi connectivity index (χ4v) is 5.80. The summed E-state index contributed by atoms with van der Waals surface area (Å²) in [5.74, 6) is 2.53. The van der Waals surface area contributed by atoms with E-state index in [1.807, 2.05) is 68.1 Å². The molecule has 0 aliphatic carbocycles. The summed E-state index contributed by atoms with van der Waals surface area (Å²) < 4.78 is 22.9. The largest absolute Gasteiger partial charge is 0.507 e. The van der Waals surface area contributed by atoms with Crippen LogP contribution in [0.15, 0.2) is 48.5 Å². The van der Waals surface area contributed by atoms with Crippen LogP contribution >= 0.6 is 0 Å². The number of phenols is 1. The molecule has 5 rings (SSSR count). The van der Waals surface area contributed by atoms with Gasteiger partial charge in [-0.05, 0) is 86.2 Å². The van der Waals surface area contributed by atoms with Gasteiger partial charge in [0.1, 0.15) is 17.1 Å². The van der Waals surface area contributed by atoms with E-state index in [-0.39, 0.29) is 11.7 Å². The molecule has 0 spiro atoms. The van der Waals surface area contributed by atoms with Crippen molar-refractivity contribution in [2.75, 3.05) is 34.0 Å². The summed E-state index contributed by atoms with van der Waals surface area (Å²) in [4.78, 5) is 15.9. The summed E-state index contributed by atoms with van der Waals surface area (Å²) in [5, 5.41) is 18.6. The fraction of sp³-hybridized carbons (Fsp3) is 0.353. The first-order valence-electron chi connectivity index (χ1n) is 14.6. The molecule has 1 amide bonds. The number of rotatable bonds is 12. The molecule has 4 aromatic rings. The first kappa shape index (κ1) is 29.8. The lowest BCUT2D eigenvalue weighted by Gasteiger charge is -2.27. The van der Waals surface area contributed by atoms with Gasteiger partial charge in [0, 0.05) is 17.7 Å². The zero-order chi connectivity index (χ0) is 30.7. The number of nitrogens with zero attached hydrogens (tertiary/aromatic N) is 2. The molecule has 9 nitrogen and oxygen atoms in total. The van der Waals surface area contributed by atoms with E-state index in [0.29, 0.717) is 66.1 Å². The highest BCUT2D eigenvalue weighted by Gasteiger charge is 2.43. The van der Waals surface area contributed by atoms with Gasteiger partial charge in [0.25, 0.3) is 5.91 Å². The topological polar surface area (TPSA) is 106 Å². The molecular formula is C34H39N3O6. The lowest BCUT2D eigenvalue weighted by atomic mass is 9.93. The van der Waals surface area contributed by atoms with E-state index in [9.17, 15) is 9.90 Å². The van der Waals surface area contributed by atoms with Crippen LogP contribution in [-0.4, -0.2) is 60.1 Å². The number of amides is 1. The summed E-state index contributed by atoms with van der Waals surface area (Å²) in [5.41, 5.74) is 5.98. The molecule has 1 aromatic heterocycles. The summed E-state index contributed by atoms with van der Waals surface area (Å²) in [6.07, 6.45) is 1.45. The highest BCUT2D eigenvalue weighted by molar-refractivity contribution is 6.00. The van der Waals surface area contributed by atoms with Gasteiger partial charge in [-0.3, -0.25) is 9.89 Å². The van der Waals surface area contributed by atoms with Crippen LogP contribution in [0, 0.1) is 13.8 Å². The quantitative estimate of drug-likeness (QED) is 0.198. The number of phenolic OH excluding ortho intramolecular Hbond substituents is 1. The van der Waals surface area contributed by atoms with Crippen molar-refractivity contribution in [1.82, 2.24) is 15.1 Å². The molecule has 0 saturated carbocycles. The third-order valence-corrected chi connectivity index (χ3v) is 7.69. The molecular weight excluding hydrogens is 546 g/mol. The first-order chi connectivity index (χ1) is 20.8. The van der Waals surface area contributed by atoms with Crippen molar-refractivity contribution in [2.24, 2.45) is 0 Å². The Bertz CT molecular complexity index is 1610. The van der Waals surface area contributed by atoms with Crippen LogP contribution < -0.4 is 18.9 Å². The maximum Gasteiger partial charge on any atom is 0.273 e. The number of aromatic nitrogens is 2. The number of fused-ring (bicyclic) bond motifs is 1. The van der Waals surface area contributed by atoms with E-state index in [2.05, 4.69) is 17.1 Å². The average Bonchev–Trinajstić information content (AvgIpc) is 3.53. The molecule has 1 aliphatic heterocycles. The van der Waals surface area contributed by atoms with E-state index < -0.39 is 6.04 Å². The Kier molecular flexibility index (Phi) is 8.80. The zero-order valence-electron chi connectivity index (χ0n) is 25.6. The number of nitrogens with one attached hydrogen (secondary N) is 1. The number of hydrogen-bond donors (Lipinski definition) is 2. The number of aromatic hydroxyl groups is 1. The van der Waals surface area contributed by atoms with Crippen molar-refractivity contribution < 1.29 is 28.8 Å². The molecule has 43 heavy (non-hydrogen) atoms. The van der Waals surface area contributed by atoms with Crippen molar-refractivity contribution in [1.29, 1.82) is 0 Å². The minimum absolute atomic E-state index is 0.125. The van der Waals surface area contributed by atoms with Crippen molar-refractivity contribution >= 4 is 5.91 Å². The number of carbonyl (C=O) groups is 1. The maximum atomic E-state index is 14.0. The molecule has 0 saturated heterocycles. The molecule has 2 N–H and O–H groups in total. The molecule has 1 aliphatic rings. The second kappa shape index (κ2) is 12.7. The number of carbonyl (C=O) groups excluding carboxylic acids is 1. The van der Waals surface area contributed by atoms with Gasteiger partial charge in [0.05, 0.1) is 33.5 Å². The normalized spacial score (nSPS) is 14.1. The third kappa shape index (κ3) is 5.71. The Morgan fingerprint density at radius 3 is 2.40 bits per heavy atom. The molecule has 9 heteroatoms. The van der Waals surface area contributed by atoms with Crippen molar-refractivity contribution in [2.45, 2.75) is 46.6 Å². The molecule has 1 atom stereocenters. The SMILES string of the molecule is CCCOc1ccc(C2c3c(-c4c(C)cc(C)cc4O)n[nH]c3C(=O)N2CCc2ccc(OC)c(OC)c2)cc1OCC. The molecule has 226 valence electrons. The summed E-state index contributed by atoms with van der Waals surface area (Å²) >= 11 is 0. The second-order valence-corrected chi connectivity index (χ2v) is 10.7. The Morgan fingerprint density at radius 1 is 0.930 bits per heavy atom. The summed E-state index contributed by atoms with van der Waals surface area (Å²) in [6.45, 7) is 9.33. The predicted octanol–water partition coefficient (Wildman–Crippen LogP) is 6.39. The van der Waals surface area contributed by atoms with Gasteiger partial charge >= 0.3 is 0 Å². The Hall–Kier alpha value is -4.66. The van der Waals surface area contributed by atoms with Crippen LogP contribution in [0.1, 0.15) is 64.6 Å². The van der Waals surface area contributed by atoms with Crippen LogP contribution in [0.2, 0.25) is 0 Å². The highest BCUT2D eigenvalue weighted by Crippen LogP contribution is 2.47. The van der Waals surface area contributed by atoms with Crippen molar-refractivity contribution in [3.63, 3.8) is 0 Å². The Morgan fingerprint density at radius 2 is 1.70 bits per heavy atom. The van der Waals surface area contributed by atoms with Crippen LogP contribution in [0.4, 0.5) is 0 Å². The van der Waals surface area contributed by atoms with Gasteiger partial charge in [0.2, 0.25) is 0 Å². The number of ether oxygens (including phenoxy) is 4. The van der Waals surface area contributed by atoms with Crippen molar-refractivity contribution in [3.8, 4) is 40.0 Å². The summed E-state index contributed by atoms with van der Waals surface area (Å²) in [7, 11) is 3.21. The number of H-pyrrole nitrogens is 1. The van der Waals surface area contributed by atoms with Gasteiger partial charge in [-0.25, -0.2) is 0 Å². The standard InChI is InChI=1S/C34H39N3O6/c1-7-15-43-26-12-10-23(19-28(26)42-8-2)33-30-31(29-21(4)16-20(3)17-24(29)38)35-36-32(30)34(39)37(33)14-13-22-9-11-25(40-5)27(18-22)41-6/h9-12,16-19,33,38H,7-8,13-15H2,1-6H3,(H,35,36). The van der Waals surface area contributed by atoms with Gasteiger partial charge in [0.15, 0.2) is 23.0 Å². The highest BCUT2D eigenvalue weighted by atomic mass is 16.5. The van der Waals surface area contributed by atoms with Gasteiger partial charge in [-0.1, -0.05) is 25.1 Å². The number of methoxy groups -OCH3 is 2. The second-order valence-electron chi connectivity index (χ2n) is 10.7. The molecule has 0 fully saturated rings. The van der Waals surface area contributed by atoms with E-state index in [0.717, 1.165) is 34.2 Å². The first-order valence-corrected chi connectivity index (χ1v) is 14.6. The fourth-order valence-electron chi connectivity index (χ4n) is 5.80. The minimum Gasteiger partial charge on any atom is -0.507 e. The molecule has 1 unspecified atom stereocenters. The van der Waals surface area contributed by atoms with Gasteiger partial charge in [-0.2, -0.15) is 5.10 Å². The lowest BCUT2D eigenvalue weighted by molar-refractivity contribution is 0.0745. The molecule has 0 bridgehead atoms. The average molecular weight is 586 g/mol. The Labute approximate surface area is 252 Å². The maximum absolute atomic E-state index is 14.0. The predicted molar refractivity (Wildman–Crippen MR) is 165 cm³/mol. The van der Waals surface area contributed by atoms with E-state index >= 15 is 0 Å². The molecule has 0 radical (unpaired) electrons. The zero-order valence-corrected chi connectivity index (χ0v) is 25.6. The summed E-state index contributed by atoms with van der Waals surface area (Å²) in [6, 6.07) is 14.8. The monoisotopic (exact) mass is 585 g/mol. The van der Waals surface area contributed by atoms with Crippen LogP contribution in [0.3, 0.4) is 0 Å². The van der Waals surface area contributed by atoms with E-state index in [1.54, 1.807) is 20.3 Å². The third-order valence-electron chi connectivity index (χ3n) is 7.69. The Balaban J connectivity index is 1.60. The number of aryl methyl sites for hydroxylation is 2. The minimum atomic E-state index is -0.476. The number of hydrogen-bond acceptors (Lipinski definition) is 7. The van der Waals surface area contributed by atoms with Crippen LogP contribution in [-0.2, 0) is 6.42 Å². The van der Waals surface area contributed by atoms with Crippen LogP contribution in [0.5, 0.6) is 28.7 Å². The smallest absolute Gasteiger partial charge is 0.273 e. The number of benzene rings is 3. The van der Waals surface area contributed by atoms with E-state index in [4.69, 9.17) is 18.9 Å². The van der Waals surface area contributed by atoms with Gasteiger partial charge < -0.3 is 29.0 Å². The van der Waals surface area contributed by atoms with Crippen molar-refractivity contribution in [3.05, 3.63) is 82.0 Å². The number of aromatic amines is 1. The lowest BCUT2D eigenvalue weighted by Crippen LogP contribution is -2.31. The van der Waals surface area contributed by atoms with Crippen LogP contribution in [0.25, 0.3) is 11.3 Å². The molecule has 2 heterocycles. The molecule has 3 aromatic carbocycles. The van der Waals surface area contributed by atoms with Gasteiger partial charge in [-0.15, -0.1) is 0 Å².